The molecule has 0 aliphatic rings. The molecule has 2 atom stereocenters. The SMILES string of the molecule is CCCCCCCCCCn1cc[n+](C[C@@](O)(P(=O)([O-])O)P(=O)(O)O)c1. The van der Waals surface area contributed by atoms with Gasteiger partial charge in [0.15, 0.2) is 7.60 Å². The highest BCUT2D eigenvalue weighted by molar-refractivity contribution is 7.71. The van der Waals surface area contributed by atoms with Crippen molar-refractivity contribution in [3.63, 3.8) is 0 Å². The van der Waals surface area contributed by atoms with E-state index in [2.05, 4.69) is 6.92 Å². The van der Waals surface area contributed by atoms with Crippen LogP contribution in [0, 0.1) is 0 Å². The molecule has 0 bridgehead atoms. The maximum absolute atomic E-state index is 11.3. The standard InChI is InChI=1S/C15H30N2O7P2/c1-2-3-4-5-6-7-8-9-10-16-11-12-17(14-16)13-15(18,25(19,20)21)26(22,23)24/h11-12,14,18H,2-10,13H2,1H3,(H3-,19,20,21,22,23,24). The van der Waals surface area contributed by atoms with Crippen molar-refractivity contribution >= 4 is 15.2 Å². The average Bonchev–Trinajstić information content (AvgIpc) is 2.95. The summed E-state index contributed by atoms with van der Waals surface area (Å²) in [5.41, 5.74) is 0. The molecule has 152 valence electrons. The molecule has 26 heavy (non-hydrogen) atoms. The van der Waals surface area contributed by atoms with E-state index in [9.17, 15) is 19.1 Å². The molecule has 11 heteroatoms. The molecule has 0 amide bonds. The second-order valence-electron chi connectivity index (χ2n) is 6.64. The molecule has 1 unspecified atom stereocenters. The van der Waals surface area contributed by atoms with Gasteiger partial charge in [-0.25, -0.2) is 9.13 Å². The Kier molecular flexibility index (Phi) is 9.16. The third-order valence-corrected chi connectivity index (χ3v) is 7.99. The fourth-order valence-electron chi connectivity index (χ4n) is 2.68. The van der Waals surface area contributed by atoms with E-state index in [0.717, 1.165) is 23.8 Å². The lowest BCUT2D eigenvalue weighted by Crippen LogP contribution is -2.48. The van der Waals surface area contributed by atoms with Crippen molar-refractivity contribution in [3.05, 3.63) is 18.7 Å². The summed E-state index contributed by atoms with van der Waals surface area (Å²) in [6.07, 6.45) is 13.8. The fourth-order valence-corrected chi connectivity index (χ4v) is 4.69. The Balaban J connectivity index is 2.50. The lowest BCUT2D eigenvalue weighted by Gasteiger charge is -2.34. The molecular formula is C15H30N2O7P2. The third kappa shape index (κ3) is 6.89. The Bertz CT molecular complexity index is 616. The molecule has 0 aliphatic carbocycles. The number of aromatic nitrogens is 2. The van der Waals surface area contributed by atoms with E-state index in [1.165, 1.54) is 44.6 Å². The molecule has 1 aromatic rings. The molecule has 1 aromatic heterocycles. The van der Waals surface area contributed by atoms with Crippen molar-refractivity contribution < 1.29 is 38.4 Å². The molecule has 0 aliphatic heterocycles. The van der Waals surface area contributed by atoms with Gasteiger partial charge in [-0.3, -0.25) is 4.57 Å². The van der Waals surface area contributed by atoms with Gasteiger partial charge in [0.2, 0.25) is 6.33 Å². The van der Waals surface area contributed by atoms with Crippen LogP contribution < -0.4 is 9.46 Å². The van der Waals surface area contributed by atoms with Gasteiger partial charge in [-0.1, -0.05) is 45.4 Å². The minimum atomic E-state index is -5.70. The molecule has 0 saturated heterocycles. The quantitative estimate of drug-likeness (QED) is 0.217. The van der Waals surface area contributed by atoms with Crippen LogP contribution in [-0.2, 0) is 22.2 Å². The summed E-state index contributed by atoms with van der Waals surface area (Å²) in [6.45, 7) is 1.89. The number of nitrogens with zero attached hydrogens (tertiary/aromatic N) is 2. The van der Waals surface area contributed by atoms with Crippen LogP contribution in [0.2, 0.25) is 0 Å². The second kappa shape index (κ2) is 10.1. The molecule has 0 fully saturated rings. The zero-order chi connectivity index (χ0) is 19.8. The van der Waals surface area contributed by atoms with Gasteiger partial charge in [0.1, 0.15) is 18.9 Å². The number of hydrogen-bond acceptors (Lipinski definition) is 4. The van der Waals surface area contributed by atoms with Gasteiger partial charge in [-0.2, -0.15) is 0 Å². The van der Waals surface area contributed by atoms with E-state index in [-0.39, 0.29) is 0 Å². The van der Waals surface area contributed by atoms with Crippen molar-refractivity contribution in [2.24, 2.45) is 0 Å². The minimum absolute atomic E-state index is 0.671. The van der Waals surface area contributed by atoms with Gasteiger partial charge < -0.3 is 29.2 Å². The van der Waals surface area contributed by atoms with Crippen molar-refractivity contribution in [1.29, 1.82) is 0 Å². The van der Waals surface area contributed by atoms with Crippen LogP contribution in [0.15, 0.2) is 18.7 Å². The summed E-state index contributed by atoms with van der Waals surface area (Å²) in [4.78, 5) is 38.6. The number of hydrogen-bond donors (Lipinski definition) is 4. The van der Waals surface area contributed by atoms with Gasteiger partial charge in [0.25, 0.3) is 5.08 Å². The normalized spacial score (nSPS) is 17.0. The first kappa shape index (κ1) is 23.5. The maximum atomic E-state index is 11.3. The van der Waals surface area contributed by atoms with Crippen molar-refractivity contribution in [3.8, 4) is 0 Å². The summed E-state index contributed by atoms with van der Waals surface area (Å²) < 4.78 is 25.5. The van der Waals surface area contributed by atoms with Crippen LogP contribution in [0.5, 0.6) is 0 Å². The van der Waals surface area contributed by atoms with Gasteiger partial charge in [0.05, 0.1) is 6.54 Å². The maximum Gasteiger partial charge on any atom is 0.369 e. The lowest BCUT2D eigenvalue weighted by molar-refractivity contribution is -0.703. The van der Waals surface area contributed by atoms with Crippen molar-refractivity contribution in [2.75, 3.05) is 0 Å². The first-order valence-corrected chi connectivity index (χ1v) is 12.1. The summed E-state index contributed by atoms with van der Waals surface area (Å²) >= 11 is 0. The highest BCUT2D eigenvalue weighted by Gasteiger charge is 2.55. The highest BCUT2D eigenvalue weighted by atomic mass is 31.2. The fraction of sp³-hybridized carbons (Fsp3) is 0.800. The number of aryl methyl sites for hydroxylation is 1. The van der Waals surface area contributed by atoms with E-state index >= 15 is 0 Å². The van der Waals surface area contributed by atoms with Crippen LogP contribution in [0.3, 0.4) is 0 Å². The van der Waals surface area contributed by atoms with E-state index in [1.54, 1.807) is 10.8 Å². The van der Waals surface area contributed by atoms with E-state index in [0.29, 0.717) is 6.54 Å². The average molecular weight is 412 g/mol. The summed E-state index contributed by atoms with van der Waals surface area (Å²) in [7, 11) is -11.2. The molecular weight excluding hydrogens is 382 g/mol. The molecule has 4 N–H and O–H groups in total. The zero-order valence-corrected chi connectivity index (χ0v) is 16.9. The van der Waals surface area contributed by atoms with Crippen LogP contribution in [0.25, 0.3) is 0 Å². The van der Waals surface area contributed by atoms with Crippen LogP contribution in [-0.4, -0.2) is 29.4 Å². The number of aliphatic hydroxyl groups is 1. The Morgan fingerprint density at radius 3 is 2.08 bits per heavy atom. The molecule has 9 nitrogen and oxygen atoms in total. The second-order valence-corrected chi connectivity index (χ2v) is 10.6. The number of unbranched alkanes of at least 4 members (excludes halogenated alkanes) is 7. The summed E-state index contributed by atoms with van der Waals surface area (Å²) in [5.74, 6) is 0. The first-order chi connectivity index (χ1) is 12.0. The zero-order valence-electron chi connectivity index (χ0n) is 15.1. The van der Waals surface area contributed by atoms with Gasteiger partial charge in [-0.05, 0) is 12.8 Å². The Labute approximate surface area is 154 Å². The summed E-state index contributed by atoms with van der Waals surface area (Å²) in [6, 6.07) is 0. The molecule has 1 rings (SSSR count). The van der Waals surface area contributed by atoms with Crippen LogP contribution in [0.1, 0.15) is 58.3 Å². The predicted octanol–water partition coefficient (Wildman–Crippen LogP) is 1.29. The molecule has 0 radical (unpaired) electrons. The van der Waals surface area contributed by atoms with Crippen LogP contribution >= 0.6 is 15.2 Å². The van der Waals surface area contributed by atoms with Gasteiger partial charge in [0, 0.05) is 0 Å². The van der Waals surface area contributed by atoms with Gasteiger partial charge >= 0.3 is 7.60 Å². The molecule has 0 saturated carbocycles. The topological polar surface area (TPSA) is 147 Å². The smallest absolute Gasteiger partial charge is 0.369 e. The number of rotatable bonds is 13. The molecule has 0 aromatic carbocycles. The van der Waals surface area contributed by atoms with E-state index in [1.807, 2.05) is 0 Å². The first-order valence-electron chi connectivity index (χ1n) is 8.88. The third-order valence-electron chi connectivity index (χ3n) is 4.33. The van der Waals surface area contributed by atoms with Gasteiger partial charge in [-0.15, -0.1) is 0 Å². The van der Waals surface area contributed by atoms with E-state index < -0.39 is 26.8 Å². The highest BCUT2D eigenvalue weighted by Crippen LogP contribution is 2.65. The molecule has 0 spiro atoms. The van der Waals surface area contributed by atoms with E-state index in [4.69, 9.17) is 14.7 Å². The molecule has 1 heterocycles. The van der Waals surface area contributed by atoms with Crippen LogP contribution in [0.4, 0.5) is 0 Å². The Morgan fingerprint density at radius 1 is 1.04 bits per heavy atom. The van der Waals surface area contributed by atoms with Crippen molar-refractivity contribution in [1.82, 2.24) is 4.57 Å². The largest absolute Gasteiger partial charge is 0.776 e. The monoisotopic (exact) mass is 412 g/mol. The Hall–Kier alpha value is -0.530. The predicted molar refractivity (Wildman–Crippen MR) is 94.1 cm³/mol. The summed E-state index contributed by atoms with van der Waals surface area (Å²) in [5, 5.41) is 6.32. The lowest BCUT2D eigenvalue weighted by atomic mass is 10.1. The Morgan fingerprint density at radius 2 is 1.58 bits per heavy atom. The van der Waals surface area contributed by atoms with Crippen molar-refractivity contribution in [2.45, 2.75) is 76.5 Å². The number of imidazole rings is 1. The minimum Gasteiger partial charge on any atom is -0.776 e.